The molecule has 0 radical (unpaired) electrons. The van der Waals surface area contributed by atoms with Gasteiger partial charge in [0.1, 0.15) is 0 Å². The molecule has 0 N–H and O–H groups in total. The van der Waals surface area contributed by atoms with Crippen LogP contribution in [-0.2, 0) is 0 Å². The van der Waals surface area contributed by atoms with Crippen LogP contribution in [0, 0.1) is 0 Å². The van der Waals surface area contributed by atoms with Crippen LogP contribution >= 0.6 is 0 Å². The van der Waals surface area contributed by atoms with E-state index in [1.165, 1.54) is 8.87 Å². The summed E-state index contributed by atoms with van der Waals surface area (Å²) in [6, 6.07) is 0. The molecule has 0 heterocycles. The Morgan fingerprint density at radius 3 is 1.69 bits per heavy atom. The van der Waals surface area contributed by atoms with Crippen LogP contribution in [0.5, 0.6) is 0 Å². The van der Waals surface area contributed by atoms with Gasteiger partial charge in [-0.3, -0.25) is 0 Å². The van der Waals surface area contributed by atoms with Crippen molar-refractivity contribution in [1.82, 2.24) is 0 Å². The Kier molecular flexibility index (Phi) is 5.99. The van der Waals surface area contributed by atoms with Crippen molar-refractivity contribution in [2.45, 2.75) is 45.4 Å². The zero-order valence-electron chi connectivity index (χ0n) is 10.5. The average molecular weight is 396 g/mol. The molecule has 0 aromatic carbocycles. The van der Waals surface area contributed by atoms with Gasteiger partial charge in [-0.15, -0.1) is 0 Å². The molecule has 0 unspecified atom stereocenters. The molecule has 0 saturated carbocycles. The van der Waals surface area contributed by atoms with Crippen LogP contribution in [0.15, 0.2) is 11.6 Å². The zero-order chi connectivity index (χ0) is 10.7. The van der Waals surface area contributed by atoms with E-state index in [4.69, 9.17) is 0 Å². The number of hydrogen-bond acceptors (Lipinski definition) is 0. The van der Waals surface area contributed by atoms with E-state index in [0.29, 0.717) is 0 Å². The summed E-state index contributed by atoms with van der Waals surface area (Å²) in [6.45, 7) is 2.33. The number of rotatable bonds is 4. The van der Waals surface area contributed by atoms with Gasteiger partial charge in [0, 0.05) is 0 Å². The Bertz CT molecular complexity index is 179. The normalized spacial score (nSPS) is 14.8. The van der Waals surface area contributed by atoms with E-state index in [2.05, 4.69) is 42.6 Å². The predicted molar refractivity (Wildman–Crippen MR) is 70.1 cm³/mol. The Morgan fingerprint density at radius 2 is 1.38 bits per heavy atom. The first-order chi connectivity index (χ1) is 5.60. The molecule has 0 nitrogen and oxygen atoms in total. The van der Waals surface area contributed by atoms with Crippen LogP contribution in [0.25, 0.3) is 0 Å². The predicted octanol–water partition coefficient (Wildman–Crippen LogP) is 4.61. The van der Waals surface area contributed by atoms with E-state index in [1.807, 2.05) is 0 Å². The standard InChI is InChI=1S/C5H8.6CH3.2Sn/c1-4-5(2)3;;;;;;;;/h4H,1-2H2,3H3;6*1H3;;/b5-4-;;;;;;;;. The molecule has 0 atom stereocenters. The van der Waals surface area contributed by atoms with Crippen molar-refractivity contribution >= 4 is 36.8 Å². The molecule has 0 bridgehead atoms. The Labute approximate surface area is 92.9 Å². The average Bonchev–Trinajstić information content (AvgIpc) is 1.78. The molecule has 0 fully saturated rings. The van der Waals surface area contributed by atoms with Crippen molar-refractivity contribution in [3.63, 3.8) is 0 Å². The van der Waals surface area contributed by atoms with Crippen LogP contribution in [0.2, 0.25) is 38.5 Å². The molecule has 0 aliphatic rings. The maximum atomic E-state index is 2.54. The fraction of sp³-hybridized carbons (Fsp3) is 0.818. The van der Waals surface area contributed by atoms with E-state index in [-0.39, 0.29) is 0 Å². The van der Waals surface area contributed by atoms with E-state index in [0.717, 1.165) is 0 Å². The third-order valence-corrected chi connectivity index (χ3v) is 10.6. The van der Waals surface area contributed by atoms with E-state index in [9.17, 15) is 0 Å². The molecule has 78 valence electrons. The quantitative estimate of drug-likeness (QED) is 0.482. The number of allylic oxidation sites excluding steroid dienone is 2. The summed E-state index contributed by atoms with van der Waals surface area (Å²) < 4.78 is 2.89. The van der Waals surface area contributed by atoms with Crippen molar-refractivity contribution in [3.05, 3.63) is 11.6 Å². The molecule has 0 rings (SSSR count). The van der Waals surface area contributed by atoms with Gasteiger partial charge in [-0.1, -0.05) is 0 Å². The van der Waals surface area contributed by atoms with Gasteiger partial charge >= 0.3 is 93.8 Å². The third-order valence-electron chi connectivity index (χ3n) is 1.87. The second kappa shape index (κ2) is 5.43. The summed E-state index contributed by atoms with van der Waals surface area (Å²) in [6.07, 6.45) is 2.54. The van der Waals surface area contributed by atoms with Crippen LogP contribution in [0.3, 0.4) is 0 Å². The van der Waals surface area contributed by atoms with Gasteiger partial charge in [-0.25, -0.2) is 0 Å². The first-order valence-corrected chi connectivity index (χ1v) is 26.4. The molecule has 0 aromatic rings. The molecule has 0 amide bonds. The Hall–Kier alpha value is 1.34. The van der Waals surface area contributed by atoms with Gasteiger partial charge in [0.2, 0.25) is 0 Å². The molecule has 0 aliphatic carbocycles. The fourth-order valence-electron chi connectivity index (χ4n) is 1.39. The summed E-state index contributed by atoms with van der Waals surface area (Å²) in [5, 5.41) is 0. The molecule has 2 heteroatoms. The molecule has 0 spiro atoms. The summed E-state index contributed by atoms with van der Waals surface area (Å²) >= 11 is -3.05. The summed E-state index contributed by atoms with van der Waals surface area (Å²) in [7, 11) is 0. The monoisotopic (exact) mass is 398 g/mol. The minimum absolute atomic E-state index is 1.43. The van der Waals surface area contributed by atoms with Gasteiger partial charge in [-0.05, 0) is 0 Å². The van der Waals surface area contributed by atoms with Crippen molar-refractivity contribution in [2.75, 3.05) is 0 Å². The SMILES string of the molecule is C/C(=C\[CH2][Sn]([CH3])([CH3])[CH3])[CH2][Sn]([CH3])([CH3])[CH3]. The van der Waals surface area contributed by atoms with E-state index >= 15 is 0 Å². The molecule has 13 heavy (non-hydrogen) atoms. The van der Waals surface area contributed by atoms with Gasteiger partial charge in [0.25, 0.3) is 0 Å². The van der Waals surface area contributed by atoms with Crippen LogP contribution in [-0.4, -0.2) is 36.8 Å². The zero-order valence-corrected chi connectivity index (χ0v) is 16.2. The van der Waals surface area contributed by atoms with Crippen molar-refractivity contribution in [2.24, 2.45) is 0 Å². The molecule has 0 aliphatic heterocycles. The minimum atomic E-state index is -1.53. The topological polar surface area (TPSA) is 0 Å². The second-order valence-electron chi connectivity index (χ2n) is 6.55. The van der Waals surface area contributed by atoms with Crippen molar-refractivity contribution in [3.8, 4) is 0 Å². The van der Waals surface area contributed by atoms with Crippen LogP contribution in [0.1, 0.15) is 6.92 Å². The van der Waals surface area contributed by atoms with Gasteiger partial charge in [0.05, 0.1) is 0 Å². The van der Waals surface area contributed by atoms with E-state index in [1.54, 1.807) is 5.57 Å². The maximum absolute atomic E-state index is 2.54. The van der Waals surface area contributed by atoms with Gasteiger partial charge in [0.15, 0.2) is 0 Å². The summed E-state index contributed by atoms with van der Waals surface area (Å²) in [4.78, 5) is 15.1. The fourth-order valence-corrected chi connectivity index (χ4v) is 9.32. The molecule has 0 aromatic heterocycles. The second-order valence-corrected chi connectivity index (χ2v) is 38.0. The molecular weight excluding hydrogens is 370 g/mol. The third kappa shape index (κ3) is 11.3. The van der Waals surface area contributed by atoms with Gasteiger partial charge in [-0.2, -0.15) is 0 Å². The summed E-state index contributed by atoms with van der Waals surface area (Å²) in [5.74, 6) is 0. The van der Waals surface area contributed by atoms with Crippen molar-refractivity contribution < 1.29 is 0 Å². The Morgan fingerprint density at radius 1 is 0.923 bits per heavy atom. The van der Waals surface area contributed by atoms with Gasteiger partial charge < -0.3 is 0 Å². The van der Waals surface area contributed by atoms with E-state index < -0.39 is 36.8 Å². The van der Waals surface area contributed by atoms with Crippen molar-refractivity contribution in [1.29, 1.82) is 0 Å². The first-order valence-electron chi connectivity index (χ1n) is 5.26. The van der Waals surface area contributed by atoms with Crippen LogP contribution in [0.4, 0.5) is 0 Å². The Balaban J connectivity index is 4.05. The molecular formula is C11H26Sn2. The van der Waals surface area contributed by atoms with Crippen LogP contribution < -0.4 is 0 Å². The summed E-state index contributed by atoms with van der Waals surface area (Å²) in [5.41, 5.74) is 1.68. The number of hydrogen-bond donors (Lipinski definition) is 0. The molecule has 0 saturated heterocycles. The first kappa shape index (κ1) is 14.3.